The van der Waals surface area contributed by atoms with Crippen LogP contribution in [0.4, 0.5) is 10.6 Å². The molecule has 3 N–H and O–H groups in total. The summed E-state index contributed by atoms with van der Waals surface area (Å²) in [5.41, 5.74) is 2.86. The van der Waals surface area contributed by atoms with Gasteiger partial charge in [-0.05, 0) is 52.3 Å². The van der Waals surface area contributed by atoms with Crippen LogP contribution < -0.4 is 10.6 Å². The van der Waals surface area contributed by atoms with Gasteiger partial charge in [0.25, 0.3) is 0 Å². The second-order valence-corrected chi connectivity index (χ2v) is 8.50. The van der Waals surface area contributed by atoms with Gasteiger partial charge in [0.05, 0.1) is 36.3 Å². The molecule has 0 fully saturated rings. The predicted molar refractivity (Wildman–Crippen MR) is 120 cm³/mol. The molecule has 166 valence electrons. The first-order valence-electron chi connectivity index (χ1n) is 10.2. The SMILES string of the molecule is [C-]#[N+]C1=C(C)NC(C)=C(C#N)C1c1ccc2c(c1)c(NCCO)nn2C(=O)OC(C)(C)C. The first-order chi connectivity index (χ1) is 15.1. The Morgan fingerprint density at radius 3 is 2.72 bits per heavy atom. The maximum Gasteiger partial charge on any atom is 0.435 e. The van der Waals surface area contributed by atoms with E-state index in [1.54, 1.807) is 32.9 Å². The van der Waals surface area contributed by atoms with Gasteiger partial charge in [0.15, 0.2) is 11.5 Å². The first kappa shape index (κ1) is 22.9. The molecule has 9 heteroatoms. The van der Waals surface area contributed by atoms with Crippen molar-refractivity contribution < 1.29 is 14.6 Å². The molecule has 0 spiro atoms. The van der Waals surface area contributed by atoms with Crippen LogP contribution >= 0.6 is 0 Å². The number of fused-ring (bicyclic) bond motifs is 1. The van der Waals surface area contributed by atoms with E-state index in [1.807, 2.05) is 19.9 Å². The van der Waals surface area contributed by atoms with Crippen LogP contribution in [0.1, 0.15) is 46.1 Å². The van der Waals surface area contributed by atoms with Gasteiger partial charge in [-0.1, -0.05) is 6.07 Å². The summed E-state index contributed by atoms with van der Waals surface area (Å²) in [6.07, 6.45) is -0.625. The van der Waals surface area contributed by atoms with Crippen LogP contribution in [0, 0.1) is 17.9 Å². The van der Waals surface area contributed by atoms with E-state index in [2.05, 4.69) is 26.6 Å². The number of ether oxygens (including phenoxy) is 1. The lowest BCUT2D eigenvalue weighted by molar-refractivity contribution is 0.0523. The highest BCUT2D eigenvalue weighted by Crippen LogP contribution is 2.40. The predicted octanol–water partition coefficient (Wildman–Crippen LogP) is 3.86. The van der Waals surface area contributed by atoms with Crippen LogP contribution in [0.2, 0.25) is 0 Å². The fourth-order valence-electron chi connectivity index (χ4n) is 3.67. The molecule has 9 nitrogen and oxygen atoms in total. The van der Waals surface area contributed by atoms with Gasteiger partial charge < -0.3 is 20.5 Å². The largest absolute Gasteiger partial charge is 0.442 e. The second kappa shape index (κ2) is 8.74. The number of nitrogens with one attached hydrogen (secondary N) is 2. The van der Waals surface area contributed by atoms with Crippen LogP contribution in [0.3, 0.4) is 0 Å². The van der Waals surface area contributed by atoms with E-state index in [0.29, 0.717) is 39.4 Å². The summed E-state index contributed by atoms with van der Waals surface area (Å²) in [5, 5.41) is 30.1. The molecule has 0 bridgehead atoms. The molecule has 1 unspecified atom stereocenters. The van der Waals surface area contributed by atoms with Crippen molar-refractivity contribution in [3.63, 3.8) is 0 Å². The number of aromatic nitrogens is 2. The number of nitrogens with zero attached hydrogens (tertiary/aromatic N) is 4. The number of allylic oxidation sites excluding steroid dienone is 3. The van der Waals surface area contributed by atoms with Gasteiger partial charge in [0.1, 0.15) is 5.60 Å². The minimum atomic E-state index is -0.694. The molecule has 32 heavy (non-hydrogen) atoms. The summed E-state index contributed by atoms with van der Waals surface area (Å²) >= 11 is 0. The molecule has 1 aromatic heterocycles. The monoisotopic (exact) mass is 434 g/mol. The van der Waals surface area contributed by atoms with E-state index in [4.69, 9.17) is 11.3 Å². The van der Waals surface area contributed by atoms with Crippen LogP contribution in [-0.2, 0) is 4.74 Å². The third-order valence-electron chi connectivity index (χ3n) is 4.97. The summed E-state index contributed by atoms with van der Waals surface area (Å²) in [6, 6.07) is 7.57. The van der Waals surface area contributed by atoms with E-state index < -0.39 is 17.6 Å². The van der Waals surface area contributed by atoms with Crippen molar-refractivity contribution >= 4 is 22.8 Å². The minimum absolute atomic E-state index is 0.112. The summed E-state index contributed by atoms with van der Waals surface area (Å²) in [4.78, 5) is 16.4. The fraction of sp³-hybridized carbons (Fsp3) is 0.391. The van der Waals surface area contributed by atoms with Crippen molar-refractivity contribution in [2.45, 2.75) is 46.1 Å². The number of carbonyl (C=O) groups is 1. The van der Waals surface area contributed by atoms with Gasteiger partial charge >= 0.3 is 6.09 Å². The highest BCUT2D eigenvalue weighted by Gasteiger charge is 2.31. The number of aliphatic hydroxyl groups is 1. The minimum Gasteiger partial charge on any atom is -0.442 e. The van der Waals surface area contributed by atoms with E-state index in [0.717, 1.165) is 5.56 Å². The molecule has 0 amide bonds. The number of dihydropyridines is 1. The molecule has 3 rings (SSSR count). The van der Waals surface area contributed by atoms with Gasteiger partial charge in [-0.15, -0.1) is 5.10 Å². The Morgan fingerprint density at radius 2 is 2.12 bits per heavy atom. The molecule has 0 saturated heterocycles. The molecular weight excluding hydrogens is 408 g/mol. The zero-order chi connectivity index (χ0) is 23.6. The molecule has 0 radical (unpaired) electrons. The van der Waals surface area contributed by atoms with Gasteiger partial charge in [-0.2, -0.15) is 9.94 Å². The lowest BCUT2D eigenvalue weighted by atomic mass is 9.84. The Hall–Kier alpha value is -3.82. The van der Waals surface area contributed by atoms with E-state index in [-0.39, 0.29) is 13.2 Å². The van der Waals surface area contributed by atoms with E-state index >= 15 is 0 Å². The zero-order valence-electron chi connectivity index (χ0n) is 18.8. The number of aliphatic hydroxyl groups excluding tert-OH is 1. The van der Waals surface area contributed by atoms with E-state index in [1.165, 1.54) is 4.68 Å². The maximum absolute atomic E-state index is 12.7. The highest BCUT2D eigenvalue weighted by atomic mass is 16.6. The summed E-state index contributed by atoms with van der Waals surface area (Å²) in [5.74, 6) is -0.126. The van der Waals surface area contributed by atoms with Crippen LogP contribution in [0.5, 0.6) is 0 Å². The number of hydrogen-bond donors (Lipinski definition) is 3. The third-order valence-corrected chi connectivity index (χ3v) is 4.97. The average Bonchev–Trinajstić information content (AvgIpc) is 3.08. The topological polar surface area (TPSA) is 117 Å². The molecule has 1 aliphatic rings. The standard InChI is InChI=1S/C23H26N6O3/c1-13-17(12-24)19(20(25-6)14(2)27-13)15-7-8-18-16(11-15)21(26-9-10-30)28-29(18)22(31)32-23(3,4)5/h7-8,11,19,27,30H,9-10H2,1-5H3,(H,26,28). The quantitative estimate of drug-likeness (QED) is 0.626. The Labute approximate surface area is 186 Å². The lowest BCUT2D eigenvalue weighted by Gasteiger charge is -2.26. The molecule has 1 aromatic carbocycles. The highest BCUT2D eigenvalue weighted by molar-refractivity contribution is 5.96. The normalized spacial score (nSPS) is 16.4. The second-order valence-electron chi connectivity index (χ2n) is 8.50. The van der Waals surface area contributed by atoms with Crippen molar-refractivity contribution in [3.05, 3.63) is 57.8 Å². The van der Waals surface area contributed by atoms with Crippen molar-refractivity contribution in [1.82, 2.24) is 15.1 Å². The van der Waals surface area contributed by atoms with Crippen molar-refractivity contribution in [2.75, 3.05) is 18.5 Å². The molecular formula is C23H26N6O3. The molecule has 2 aromatic rings. The smallest absolute Gasteiger partial charge is 0.435 e. The Morgan fingerprint density at radius 1 is 1.41 bits per heavy atom. The molecule has 0 saturated carbocycles. The molecule has 2 heterocycles. The fourth-order valence-corrected chi connectivity index (χ4v) is 3.67. The van der Waals surface area contributed by atoms with E-state index in [9.17, 15) is 15.2 Å². The average molecular weight is 435 g/mol. The Bertz CT molecular complexity index is 1180. The van der Waals surface area contributed by atoms with Gasteiger partial charge in [-0.3, -0.25) is 0 Å². The van der Waals surface area contributed by atoms with Gasteiger partial charge in [-0.25, -0.2) is 9.64 Å². The van der Waals surface area contributed by atoms with Gasteiger partial charge in [0, 0.05) is 23.3 Å². The number of anilines is 1. The summed E-state index contributed by atoms with van der Waals surface area (Å²) in [6.45, 7) is 16.7. The number of benzene rings is 1. The van der Waals surface area contributed by atoms with Crippen LogP contribution in [0.15, 0.2) is 40.9 Å². The summed E-state index contributed by atoms with van der Waals surface area (Å²) in [7, 11) is 0. The number of nitriles is 1. The van der Waals surface area contributed by atoms with Crippen molar-refractivity contribution in [2.24, 2.45) is 0 Å². The molecule has 1 atom stereocenters. The number of hydrogen-bond acceptors (Lipinski definition) is 7. The molecule has 1 aliphatic heterocycles. The number of carbonyl (C=O) groups excluding carboxylic acids is 1. The Balaban J connectivity index is 2.19. The molecule has 0 aliphatic carbocycles. The first-order valence-corrected chi connectivity index (χ1v) is 10.2. The lowest BCUT2D eigenvalue weighted by Crippen LogP contribution is -2.27. The third kappa shape index (κ3) is 4.29. The maximum atomic E-state index is 12.7. The van der Waals surface area contributed by atoms with Crippen molar-refractivity contribution in [3.8, 4) is 6.07 Å². The van der Waals surface area contributed by atoms with Gasteiger partial charge in [0.2, 0.25) is 0 Å². The van der Waals surface area contributed by atoms with Crippen molar-refractivity contribution in [1.29, 1.82) is 5.26 Å². The zero-order valence-corrected chi connectivity index (χ0v) is 18.8. The van der Waals surface area contributed by atoms with Crippen LogP contribution in [-0.4, -0.2) is 39.7 Å². The Kier molecular flexibility index (Phi) is 6.24. The van der Waals surface area contributed by atoms with Crippen LogP contribution in [0.25, 0.3) is 15.7 Å². The number of rotatable bonds is 4. The summed E-state index contributed by atoms with van der Waals surface area (Å²) < 4.78 is 6.65.